The van der Waals surface area contributed by atoms with Crippen LogP contribution in [0.4, 0.5) is 10.1 Å². The summed E-state index contributed by atoms with van der Waals surface area (Å²) in [5, 5.41) is 9.12. The van der Waals surface area contributed by atoms with Crippen LogP contribution in [0.2, 0.25) is 5.02 Å². The number of carbonyl (C=O) groups is 2. The van der Waals surface area contributed by atoms with E-state index < -0.39 is 24.3 Å². The fraction of sp³-hybridized carbons (Fsp3) is 0.0417. The lowest BCUT2D eigenvalue weighted by atomic mass is 10.2. The normalized spacial score (nSPS) is 11.0. The molecule has 2 aromatic heterocycles. The highest BCUT2D eigenvalue weighted by molar-refractivity contribution is 7.13. The molecule has 0 bridgehead atoms. The van der Waals surface area contributed by atoms with Gasteiger partial charge in [-0.3, -0.25) is 4.79 Å². The third-order valence-corrected chi connectivity index (χ3v) is 5.66. The molecular formula is C24H17ClFN3O3S. The van der Waals surface area contributed by atoms with Crippen molar-refractivity contribution in [1.82, 2.24) is 9.78 Å². The van der Waals surface area contributed by atoms with Crippen LogP contribution in [0.25, 0.3) is 22.3 Å². The number of thiophene rings is 1. The number of ether oxygens (including phenoxy) is 1. The van der Waals surface area contributed by atoms with Crippen molar-refractivity contribution in [3.8, 4) is 16.3 Å². The lowest BCUT2D eigenvalue weighted by molar-refractivity contribution is -0.142. The number of nitrogens with zero attached hydrogens (tertiary/aromatic N) is 2. The molecule has 9 heteroatoms. The number of carbonyl (C=O) groups excluding carboxylic acids is 2. The number of hydrogen-bond donors (Lipinski definition) is 1. The zero-order chi connectivity index (χ0) is 23.2. The zero-order valence-corrected chi connectivity index (χ0v) is 18.6. The van der Waals surface area contributed by atoms with Crippen LogP contribution in [0.15, 0.2) is 78.3 Å². The first-order valence-electron chi connectivity index (χ1n) is 9.78. The van der Waals surface area contributed by atoms with Crippen LogP contribution in [0.5, 0.6) is 0 Å². The Kier molecular flexibility index (Phi) is 6.97. The maximum absolute atomic E-state index is 13.1. The molecule has 1 amide bonds. The zero-order valence-electron chi connectivity index (χ0n) is 17.1. The molecule has 0 saturated heterocycles. The van der Waals surface area contributed by atoms with Crippen LogP contribution in [0, 0.1) is 5.82 Å². The smallest absolute Gasteiger partial charge is 0.331 e. The Morgan fingerprint density at radius 2 is 1.97 bits per heavy atom. The number of nitrogens with one attached hydrogen (secondary N) is 1. The molecule has 2 aromatic carbocycles. The van der Waals surface area contributed by atoms with E-state index in [1.807, 2.05) is 54.0 Å². The van der Waals surface area contributed by atoms with Crippen molar-refractivity contribution < 1.29 is 18.7 Å². The predicted octanol–water partition coefficient (Wildman–Crippen LogP) is 5.59. The summed E-state index contributed by atoms with van der Waals surface area (Å²) in [6.07, 6.45) is 4.65. The van der Waals surface area contributed by atoms with Gasteiger partial charge in [0.05, 0.1) is 21.3 Å². The third-order valence-electron chi connectivity index (χ3n) is 4.47. The maximum Gasteiger partial charge on any atom is 0.331 e. The molecule has 0 unspecified atom stereocenters. The summed E-state index contributed by atoms with van der Waals surface area (Å²) in [6.45, 7) is -0.516. The fourth-order valence-corrected chi connectivity index (χ4v) is 3.89. The van der Waals surface area contributed by atoms with Crippen molar-refractivity contribution >= 4 is 46.6 Å². The molecule has 0 atom stereocenters. The van der Waals surface area contributed by atoms with Gasteiger partial charge in [-0.05, 0) is 47.9 Å². The summed E-state index contributed by atoms with van der Waals surface area (Å²) < 4.78 is 19.8. The Hall–Kier alpha value is -3.75. The Morgan fingerprint density at radius 3 is 2.70 bits per heavy atom. The largest absolute Gasteiger partial charge is 0.452 e. The highest BCUT2D eigenvalue weighted by atomic mass is 35.5. The van der Waals surface area contributed by atoms with E-state index in [1.54, 1.807) is 10.8 Å². The summed E-state index contributed by atoms with van der Waals surface area (Å²) in [7, 11) is 0. The van der Waals surface area contributed by atoms with Gasteiger partial charge in [-0.1, -0.05) is 35.9 Å². The number of rotatable bonds is 7. The Balaban J connectivity index is 1.43. The second kappa shape index (κ2) is 10.2. The SMILES string of the molecule is O=C(COC(=O)C=Cc1cn(-c2ccccc2)nc1-c1cccs1)Nc1ccc(F)cc1Cl. The van der Waals surface area contributed by atoms with Crippen LogP contribution in [-0.4, -0.2) is 28.3 Å². The number of para-hydroxylation sites is 1. The summed E-state index contributed by atoms with van der Waals surface area (Å²) in [4.78, 5) is 25.1. The molecule has 4 rings (SSSR count). The molecule has 0 aliphatic carbocycles. The Morgan fingerprint density at radius 1 is 1.15 bits per heavy atom. The van der Waals surface area contributed by atoms with Gasteiger partial charge in [0.2, 0.25) is 0 Å². The Labute approximate surface area is 197 Å². The van der Waals surface area contributed by atoms with E-state index in [9.17, 15) is 14.0 Å². The lowest BCUT2D eigenvalue weighted by Crippen LogP contribution is -2.20. The standard InChI is InChI=1S/C24H17ClFN3O3S/c25-19-13-17(26)9-10-20(19)27-22(30)15-32-23(31)11-8-16-14-29(18-5-2-1-3-6-18)28-24(16)21-7-4-12-33-21/h1-14H,15H2,(H,27,30). The van der Waals surface area contributed by atoms with Gasteiger partial charge in [0.1, 0.15) is 11.5 Å². The molecule has 166 valence electrons. The van der Waals surface area contributed by atoms with E-state index >= 15 is 0 Å². The van der Waals surface area contributed by atoms with Gasteiger partial charge < -0.3 is 10.1 Å². The predicted molar refractivity (Wildman–Crippen MR) is 127 cm³/mol. The summed E-state index contributed by atoms with van der Waals surface area (Å²) in [5.74, 6) is -1.81. The van der Waals surface area contributed by atoms with Crippen molar-refractivity contribution in [3.05, 3.63) is 94.7 Å². The summed E-state index contributed by atoms with van der Waals surface area (Å²) in [5.41, 5.74) is 2.56. The quantitative estimate of drug-likeness (QED) is 0.276. The average Bonchev–Trinajstić information content (AvgIpc) is 3.49. The second-order valence-electron chi connectivity index (χ2n) is 6.80. The van der Waals surface area contributed by atoms with Crippen molar-refractivity contribution in [1.29, 1.82) is 0 Å². The maximum atomic E-state index is 13.1. The first-order chi connectivity index (χ1) is 16.0. The minimum Gasteiger partial charge on any atom is -0.452 e. The molecule has 1 N–H and O–H groups in total. The number of amides is 1. The monoisotopic (exact) mass is 481 g/mol. The molecule has 0 saturated carbocycles. The van der Waals surface area contributed by atoms with Crippen LogP contribution >= 0.6 is 22.9 Å². The van der Waals surface area contributed by atoms with E-state index in [2.05, 4.69) is 10.4 Å². The topological polar surface area (TPSA) is 73.2 Å². The van der Waals surface area contributed by atoms with Crippen molar-refractivity contribution in [3.63, 3.8) is 0 Å². The molecule has 0 fully saturated rings. The van der Waals surface area contributed by atoms with Crippen molar-refractivity contribution in [2.45, 2.75) is 0 Å². The summed E-state index contributed by atoms with van der Waals surface area (Å²) >= 11 is 7.41. The van der Waals surface area contributed by atoms with Crippen LogP contribution in [0.3, 0.4) is 0 Å². The molecule has 0 aliphatic heterocycles. The number of anilines is 1. The third kappa shape index (κ3) is 5.74. The number of halogens is 2. The molecule has 33 heavy (non-hydrogen) atoms. The van der Waals surface area contributed by atoms with Crippen molar-refractivity contribution in [2.75, 3.05) is 11.9 Å². The molecule has 0 spiro atoms. The molecule has 4 aromatic rings. The van der Waals surface area contributed by atoms with E-state index in [0.29, 0.717) is 0 Å². The van der Waals surface area contributed by atoms with Crippen LogP contribution < -0.4 is 5.32 Å². The van der Waals surface area contributed by atoms with Crippen molar-refractivity contribution in [2.24, 2.45) is 0 Å². The average molecular weight is 482 g/mol. The van der Waals surface area contributed by atoms with Gasteiger partial charge in [0, 0.05) is 17.8 Å². The number of esters is 1. The minimum absolute atomic E-state index is 0.0473. The molecule has 2 heterocycles. The fourth-order valence-electron chi connectivity index (χ4n) is 2.95. The van der Waals surface area contributed by atoms with E-state index in [0.717, 1.165) is 34.0 Å². The van der Waals surface area contributed by atoms with Gasteiger partial charge in [-0.2, -0.15) is 5.10 Å². The first-order valence-corrected chi connectivity index (χ1v) is 11.0. The second-order valence-corrected chi connectivity index (χ2v) is 8.16. The van der Waals surface area contributed by atoms with Gasteiger partial charge in [-0.15, -0.1) is 11.3 Å². The molecule has 0 radical (unpaired) electrons. The van der Waals surface area contributed by atoms with E-state index in [4.69, 9.17) is 16.3 Å². The first kappa shape index (κ1) is 22.4. The lowest BCUT2D eigenvalue weighted by Gasteiger charge is -2.07. The van der Waals surface area contributed by atoms with Crippen LogP contribution in [-0.2, 0) is 14.3 Å². The Bertz CT molecular complexity index is 1300. The number of hydrogen-bond acceptors (Lipinski definition) is 5. The highest BCUT2D eigenvalue weighted by Crippen LogP contribution is 2.28. The van der Waals surface area contributed by atoms with Gasteiger partial charge in [0.25, 0.3) is 5.91 Å². The molecular weight excluding hydrogens is 465 g/mol. The number of aromatic nitrogens is 2. The van der Waals surface area contributed by atoms with Gasteiger partial charge >= 0.3 is 5.97 Å². The number of benzene rings is 2. The van der Waals surface area contributed by atoms with Crippen LogP contribution in [0.1, 0.15) is 5.56 Å². The van der Waals surface area contributed by atoms with E-state index in [1.165, 1.54) is 23.5 Å². The summed E-state index contributed by atoms with van der Waals surface area (Å²) in [6, 6.07) is 17.1. The van der Waals surface area contributed by atoms with Gasteiger partial charge in [-0.25, -0.2) is 13.9 Å². The van der Waals surface area contributed by atoms with Gasteiger partial charge in [0.15, 0.2) is 6.61 Å². The molecule has 6 nitrogen and oxygen atoms in total. The molecule has 0 aliphatic rings. The minimum atomic E-state index is -0.694. The van der Waals surface area contributed by atoms with E-state index in [-0.39, 0.29) is 10.7 Å². The highest BCUT2D eigenvalue weighted by Gasteiger charge is 2.13.